The highest BCUT2D eigenvalue weighted by Crippen LogP contribution is 2.49. The topological polar surface area (TPSA) is 40.5 Å². The first-order chi connectivity index (χ1) is 6.75. The van der Waals surface area contributed by atoms with Gasteiger partial charge in [0.05, 0.1) is 0 Å². The number of hydrogen-bond acceptors (Lipinski definition) is 2. The molecule has 0 fully saturated rings. The Morgan fingerprint density at radius 3 is 1.43 bits per heavy atom. The average Bonchev–Trinajstić information content (AvgIpc) is 2.16. The van der Waals surface area contributed by atoms with Crippen LogP contribution in [0.4, 0.5) is 0 Å². The summed E-state index contributed by atoms with van der Waals surface area (Å²) in [6.45, 7) is 0. The van der Waals surface area contributed by atoms with E-state index in [2.05, 4.69) is 0 Å². The van der Waals surface area contributed by atoms with E-state index in [9.17, 15) is 10.2 Å². The molecule has 2 heteroatoms. The number of phenols is 2. The van der Waals surface area contributed by atoms with Crippen molar-refractivity contribution in [3.05, 3.63) is 36.4 Å². The zero-order valence-electron chi connectivity index (χ0n) is 7.36. The lowest BCUT2D eigenvalue weighted by atomic mass is 9.80. The number of phenolic OH excluding ortho intramolecular Hbond substituents is 2. The lowest BCUT2D eigenvalue weighted by Gasteiger charge is -2.23. The van der Waals surface area contributed by atoms with Crippen molar-refractivity contribution in [1.82, 2.24) is 0 Å². The van der Waals surface area contributed by atoms with Crippen molar-refractivity contribution in [2.24, 2.45) is 0 Å². The van der Waals surface area contributed by atoms with Crippen molar-refractivity contribution in [3.8, 4) is 33.8 Å². The Balaban J connectivity index is 2.25. The lowest BCUT2D eigenvalue weighted by molar-refractivity contribution is 0.475. The molecule has 68 valence electrons. The van der Waals surface area contributed by atoms with E-state index in [1.54, 1.807) is 24.3 Å². The predicted octanol–water partition coefficient (Wildman–Crippen LogP) is 2.75. The third kappa shape index (κ3) is 0.799. The van der Waals surface area contributed by atoms with Gasteiger partial charge in [0.25, 0.3) is 0 Å². The minimum atomic E-state index is 0.280. The standard InChI is InChI=1S/C12H8O2/c13-7-1-3-9-11(5-7)10-4-2-8(14)6-12(9)10/h1-6,13-14H. The van der Waals surface area contributed by atoms with Gasteiger partial charge in [0.15, 0.2) is 0 Å². The summed E-state index contributed by atoms with van der Waals surface area (Å²) in [7, 11) is 0. The molecule has 0 unspecified atom stereocenters. The molecule has 14 heavy (non-hydrogen) atoms. The first kappa shape index (κ1) is 7.44. The van der Waals surface area contributed by atoms with Crippen molar-refractivity contribution >= 4 is 0 Å². The van der Waals surface area contributed by atoms with Crippen molar-refractivity contribution < 1.29 is 10.2 Å². The van der Waals surface area contributed by atoms with Gasteiger partial charge in [-0.25, -0.2) is 0 Å². The number of hydrogen-bond donors (Lipinski definition) is 2. The summed E-state index contributed by atoms with van der Waals surface area (Å²) in [6.07, 6.45) is 0. The van der Waals surface area contributed by atoms with Gasteiger partial charge in [-0.1, -0.05) is 12.1 Å². The van der Waals surface area contributed by atoms with E-state index in [1.165, 1.54) is 0 Å². The van der Waals surface area contributed by atoms with Crippen LogP contribution in [0, 0.1) is 0 Å². The molecule has 0 saturated carbocycles. The summed E-state index contributed by atoms with van der Waals surface area (Å²) < 4.78 is 0. The molecule has 1 aliphatic rings. The Morgan fingerprint density at radius 2 is 1.00 bits per heavy atom. The fraction of sp³-hybridized carbons (Fsp3) is 0. The first-order valence-electron chi connectivity index (χ1n) is 4.42. The van der Waals surface area contributed by atoms with Gasteiger partial charge in [0.1, 0.15) is 11.5 Å². The van der Waals surface area contributed by atoms with Gasteiger partial charge in [0, 0.05) is 0 Å². The minimum absolute atomic E-state index is 0.280. The van der Waals surface area contributed by atoms with Crippen molar-refractivity contribution in [1.29, 1.82) is 0 Å². The molecule has 0 aromatic heterocycles. The van der Waals surface area contributed by atoms with Crippen LogP contribution in [0.1, 0.15) is 0 Å². The highest BCUT2D eigenvalue weighted by atomic mass is 16.3. The van der Waals surface area contributed by atoms with Crippen LogP contribution < -0.4 is 0 Å². The van der Waals surface area contributed by atoms with Gasteiger partial charge in [0.2, 0.25) is 0 Å². The maximum absolute atomic E-state index is 9.30. The normalized spacial score (nSPS) is 11.4. The number of aromatic hydroxyl groups is 2. The summed E-state index contributed by atoms with van der Waals surface area (Å²) in [5.41, 5.74) is 4.29. The summed E-state index contributed by atoms with van der Waals surface area (Å²) in [5.74, 6) is 0.560. The first-order valence-corrected chi connectivity index (χ1v) is 4.42. The smallest absolute Gasteiger partial charge is 0.116 e. The maximum Gasteiger partial charge on any atom is 0.116 e. The van der Waals surface area contributed by atoms with Crippen LogP contribution in [0.2, 0.25) is 0 Å². The predicted molar refractivity (Wildman–Crippen MR) is 54.2 cm³/mol. The third-order valence-corrected chi connectivity index (χ3v) is 2.59. The van der Waals surface area contributed by atoms with Crippen LogP contribution in [0.3, 0.4) is 0 Å². The molecule has 2 nitrogen and oxygen atoms in total. The number of fused-ring (bicyclic) bond motifs is 4. The Kier molecular flexibility index (Phi) is 1.22. The molecule has 2 aromatic rings. The SMILES string of the molecule is Oc1ccc2c(c1)-c1ccc(O)cc1-2. The summed E-state index contributed by atoms with van der Waals surface area (Å²) in [5, 5.41) is 18.6. The molecule has 0 saturated heterocycles. The van der Waals surface area contributed by atoms with E-state index in [1.807, 2.05) is 12.1 Å². The van der Waals surface area contributed by atoms with Crippen LogP contribution in [-0.2, 0) is 0 Å². The molecule has 0 bridgehead atoms. The number of benzene rings is 2. The summed E-state index contributed by atoms with van der Waals surface area (Å²) in [6, 6.07) is 10.5. The Labute approximate surface area is 81.1 Å². The van der Waals surface area contributed by atoms with E-state index in [0.717, 1.165) is 22.3 Å². The molecule has 2 aromatic carbocycles. The Morgan fingerprint density at radius 1 is 0.571 bits per heavy atom. The molecule has 2 N–H and O–H groups in total. The van der Waals surface area contributed by atoms with Gasteiger partial charge in [-0.15, -0.1) is 0 Å². The molecule has 0 spiro atoms. The fourth-order valence-corrected chi connectivity index (χ4v) is 1.92. The van der Waals surface area contributed by atoms with Gasteiger partial charge in [-0.2, -0.15) is 0 Å². The Hall–Kier alpha value is -1.96. The van der Waals surface area contributed by atoms with E-state index in [-0.39, 0.29) is 11.5 Å². The lowest BCUT2D eigenvalue weighted by Crippen LogP contribution is -1.97. The largest absolute Gasteiger partial charge is 0.508 e. The van der Waals surface area contributed by atoms with Crippen LogP contribution in [0.5, 0.6) is 11.5 Å². The van der Waals surface area contributed by atoms with Crippen molar-refractivity contribution in [2.75, 3.05) is 0 Å². The monoisotopic (exact) mass is 184 g/mol. The maximum atomic E-state index is 9.30. The molecule has 0 aliphatic heterocycles. The van der Waals surface area contributed by atoms with E-state index < -0.39 is 0 Å². The van der Waals surface area contributed by atoms with E-state index in [0.29, 0.717) is 0 Å². The second-order valence-electron chi connectivity index (χ2n) is 3.46. The van der Waals surface area contributed by atoms with Crippen molar-refractivity contribution in [3.63, 3.8) is 0 Å². The van der Waals surface area contributed by atoms with Gasteiger partial charge in [-0.05, 0) is 46.5 Å². The van der Waals surface area contributed by atoms with Crippen LogP contribution >= 0.6 is 0 Å². The zero-order chi connectivity index (χ0) is 9.71. The van der Waals surface area contributed by atoms with Crippen LogP contribution in [0.25, 0.3) is 22.3 Å². The molecular weight excluding hydrogens is 176 g/mol. The highest BCUT2D eigenvalue weighted by Gasteiger charge is 2.22. The molecule has 0 amide bonds. The average molecular weight is 184 g/mol. The molecule has 1 aliphatic carbocycles. The van der Waals surface area contributed by atoms with Gasteiger partial charge < -0.3 is 10.2 Å². The number of rotatable bonds is 0. The molecule has 0 radical (unpaired) electrons. The summed E-state index contributed by atoms with van der Waals surface area (Å²) >= 11 is 0. The van der Waals surface area contributed by atoms with E-state index in [4.69, 9.17) is 0 Å². The quantitative estimate of drug-likeness (QED) is 0.564. The second kappa shape index (κ2) is 2.29. The van der Waals surface area contributed by atoms with Gasteiger partial charge in [-0.3, -0.25) is 0 Å². The molecular formula is C12H8O2. The third-order valence-electron chi connectivity index (χ3n) is 2.59. The fourth-order valence-electron chi connectivity index (χ4n) is 1.92. The van der Waals surface area contributed by atoms with Crippen LogP contribution in [0.15, 0.2) is 36.4 Å². The highest BCUT2D eigenvalue weighted by molar-refractivity contribution is 6.03. The Bertz CT molecular complexity index is 466. The molecule has 0 heterocycles. The van der Waals surface area contributed by atoms with Crippen molar-refractivity contribution in [2.45, 2.75) is 0 Å². The van der Waals surface area contributed by atoms with Crippen LogP contribution in [-0.4, -0.2) is 10.2 Å². The van der Waals surface area contributed by atoms with Gasteiger partial charge >= 0.3 is 0 Å². The zero-order valence-corrected chi connectivity index (χ0v) is 7.36. The molecule has 3 rings (SSSR count). The van der Waals surface area contributed by atoms with E-state index >= 15 is 0 Å². The second-order valence-corrected chi connectivity index (χ2v) is 3.46. The summed E-state index contributed by atoms with van der Waals surface area (Å²) in [4.78, 5) is 0. The minimum Gasteiger partial charge on any atom is -0.508 e. The molecule has 0 atom stereocenters.